The second-order valence-electron chi connectivity index (χ2n) is 6.96. The third-order valence-electron chi connectivity index (χ3n) is 3.24. The van der Waals surface area contributed by atoms with Gasteiger partial charge in [0.25, 0.3) is 0 Å². The second kappa shape index (κ2) is 7.01. The molecule has 0 fully saturated rings. The van der Waals surface area contributed by atoms with E-state index in [-0.39, 0.29) is 5.54 Å². The van der Waals surface area contributed by atoms with E-state index < -0.39 is 11.7 Å². The minimum atomic E-state index is -0.523. The van der Waals surface area contributed by atoms with E-state index in [0.717, 1.165) is 17.7 Å². The lowest BCUT2D eigenvalue weighted by Crippen LogP contribution is -2.38. The van der Waals surface area contributed by atoms with Crippen LogP contribution < -0.4 is 15.4 Å². The molecule has 124 valence electrons. The van der Waals surface area contributed by atoms with Gasteiger partial charge in [-0.1, -0.05) is 6.07 Å². The Bertz CT molecular complexity index is 519. The number of carbonyl (C=O) groups excluding carboxylic acids is 1. The molecule has 22 heavy (non-hydrogen) atoms. The van der Waals surface area contributed by atoms with Crippen molar-refractivity contribution >= 4 is 11.8 Å². The number of hydrogen-bond acceptors (Lipinski definition) is 4. The molecule has 1 amide bonds. The molecule has 0 saturated carbocycles. The summed E-state index contributed by atoms with van der Waals surface area (Å²) in [7, 11) is 3.56. The number of hydrogen-bond donors (Lipinski definition) is 2. The molecule has 1 aromatic carbocycles. The average Bonchev–Trinajstić information content (AvgIpc) is 2.38. The van der Waals surface area contributed by atoms with Crippen molar-refractivity contribution in [1.82, 2.24) is 5.32 Å². The standard InChI is InChI=1S/C17H28N2O3/c1-16(2,3)22-15(20)19-13-9-8-12(14(10-13)21-7)11-17(4,5)18-6/h8-10,18H,11H2,1-7H3,(H,19,20). The molecule has 0 radical (unpaired) electrons. The van der Waals surface area contributed by atoms with Crippen molar-refractivity contribution in [1.29, 1.82) is 0 Å². The van der Waals surface area contributed by atoms with Gasteiger partial charge in [-0.25, -0.2) is 4.79 Å². The Morgan fingerprint density at radius 3 is 2.32 bits per heavy atom. The van der Waals surface area contributed by atoms with Crippen LogP contribution in [-0.4, -0.2) is 31.4 Å². The number of carbonyl (C=O) groups is 1. The van der Waals surface area contributed by atoms with Crippen LogP contribution in [0.3, 0.4) is 0 Å². The van der Waals surface area contributed by atoms with E-state index in [9.17, 15) is 4.79 Å². The Labute approximate surface area is 133 Å². The van der Waals surface area contributed by atoms with Gasteiger partial charge in [0, 0.05) is 17.3 Å². The van der Waals surface area contributed by atoms with E-state index in [1.165, 1.54) is 0 Å². The molecule has 0 bridgehead atoms. The van der Waals surface area contributed by atoms with Crippen LogP contribution in [0.4, 0.5) is 10.5 Å². The summed E-state index contributed by atoms with van der Waals surface area (Å²) in [5, 5.41) is 5.99. The summed E-state index contributed by atoms with van der Waals surface area (Å²) in [5.41, 5.74) is 1.17. The monoisotopic (exact) mass is 308 g/mol. The van der Waals surface area contributed by atoms with Gasteiger partial charge >= 0.3 is 6.09 Å². The van der Waals surface area contributed by atoms with Crippen molar-refractivity contribution < 1.29 is 14.3 Å². The number of amides is 1. The highest BCUT2D eigenvalue weighted by Gasteiger charge is 2.19. The zero-order valence-electron chi connectivity index (χ0n) is 14.7. The Hall–Kier alpha value is -1.75. The molecule has 0 unspecified atom stereocenters. The third-order valence-corrected chi connectivity index (χ3v) is 3.24. The summed E-state index contributed by atoms with van der Waals surface area (Å²) in [5.74, 6) is 0.747. The molecule has 2 N–H and O–H groups in total. The lowest BCUT2D eigenvalue weighted by molar-refractivity contribution is 0.0636. The number of rotatable bonds is 5. The molecule has 0 spiro atoms. The number of nitrogens with one attached hydrogen (secondary N) is 2. The molecule has 5 nitrogen and oxygen atoms in total. The molecule has 0 aliphatic rings. The Morgan fingerprint density at radius 1 is 1.18 bits per heavy atom. The molecule has 0 heterocycles. The number of ether oxygens (including phenoxy) is 2. The molecule has 5 heteroatoms. The van der Waals surface area contributed by atoms with Crippen molar-refractivity contribution in [2.45, 2.75) is 52.2 Å². The van der Waals surface area contributed by atoms with Gasteiger partial charge < -0.3 is 14.8 Å². The van der Waals surface area contributed by atoms with Crippen molar-refractivity contribution in [3.63, 3.8) is 0 Å². The smallest absolute Gasteiger partial charge is 0.412 e. The van der Waals surface area contributed by atoms with E-state index in [0.29, 0.717) is 5.69 Å². The fraction of sp³-hybridized carbons (Fsp3) is 0.588. The van der Waals surface area contributed by atoms with Crippen molar-refractivity contribution in [3.8, 4) is 5.75 Å². The normalized spacial score (nSPS) is 12.0. The maximum atomic E-state index is 11.8. The Balaban J connectivity index is 2.87. The van der Waals surface area contributed by atoms with Crippen LogP contribution in [0.5, 0.6) is 5.75 Å². The summed E-state index contributed by atoms with van der Waals surface area (Å²) in [6.07, 6.45) is 0.345. The predicted octanol–water partition coefficient (Wildman–Crippen LogP) is 3.58. The van der Waals surface area contributed by atoms with Gasteiger partial charge in [0.15, 0.2) is 0 Å². The van der Waals surface area contributed by atoms with Crippen LogP contribution in [0.2, 0.25) is 0 Å². The van der Waals surface area contributed by atoms with Crippen molar-refractivity contribution in [2.75, 3.05) is 19.5 Å². The van der Waals surface area contributed by atoms with Gasteiger partial charge in [-0.3, -0.25) is 5.32 Å². The summed E-state index contributed by atoms with van der Waals surface area (Å²) >= 11 is 0. The van der Waals surface area contributed by atoms with Crippen LogP contribution in [0.1, 0.15) is 40.2 Å². The first-order chi connectivity index (χ1) is 10.1. The lowest BCUT2D eigenvalue weighted by Gasteiger charge is -2.25. The Kier molecular flexibility index (Phi) is 5.83. The number of likely N-dealkylation sites (N-methyl/N-ethyl adjacent to an activating group) is 1. The van der Waals surface area contributed by atoms with E-state index in [1.807, 2.05) is 46.0 Å². The van der Waals surface area contributed by atoms with E-state index in [4.69, 9.17) is 9.47 Å². The molecule has 0 saturated heterocycles. The maximum Gasteiger partial charge on any atom is 0.412 e. The van der Waals surface area contributed by atoms with Gasteiger partial charge in [0.1, 0.15) is 11.4 Å². The summed E-state index contributed by atoms with van der Waals surface area (Å²) < 4.78 is 10.7. The lowest BCUT2D eigenvalue weighted by atomic mass is 9.94. The van der Waals surface area contributed by atoms with Gasteiger partial charge in [0.2, 0.25) is 0 Å². The first-order valence-electron chi connectivity index (χ1n) is 7.42. The molecular weight excluding hydrogens is 280 g/mol. The zero-order chi connectivity index (χ0) is 17.0. The molecule has 1 rings (SSSR count). The predicted molar refractivity (Wildman–Crippen MR) is 89.7 cm³/mol. The van der Waals surface area contributed by atoms with Crippen LogP contribution in [0, 0.1) is 0 Å². The summed E-state index contributed by atoms with van der Waals surface area (Å²) in [4.78, 5) is 11.8. The molecule has 0 aliphatic carbocycles. The third kappa shape index (κ3) is 5.93. The van der Waals surface area contributed by atoms with Crippen molar-refractivity contribution in [3.05, 3.63) is 23.8 Å². The number of methoxy groups -OCH3 is 1. The number of anilines is 1. The van der Waals surface area contributed by atoms with E-state index in [2.05, 4.69) is 24.5 Å². The van der Waals surface area contributed by atoms with Crippen LogP contribution in [0.15, 0.2) is 18.2 Å². The van der Waals surface area contributed by atoms with E-state index >= 15 is 0 Å². The summed E-state index contributed by atoms with van der Waals surface area (Å²) in [6, 6.07) is 5.63. The number of benzene rings is 1. The quantitative estimate of drug-likeness (QED) is 0.873. The zero-order valence-corrected chi connectivity index (χ0v) is 14.7. The first-order valence-corrected chi connectivity index (χ1v) is 7.42. The molecule has 1 aromatic rings. The molecule has 0 aliphatic heterocycles. The fourth-order valence-corrected chi connectivity index (χ4v) is 1.95. The fourth-order valence-electron chi connectivity index (χ4n) is 1.95. The average molecular weight is 308 g/mol. The van der Waals surface area contributed by atoms with Gasteiger partial charge in [-0.2, -0.15) is 0 Å². The minimum absolute atomic E-state index is 0.0343. The molecule has 0 atom stereocenters. The summed E-state index contributed by atoms with van der Waals surface area (Å²) in [6.45, 7) is 9.74. The van der Waals surface area contributed by atoms with Crippen LogP contribution >= 0.6 is 0 Å². The molecule has 0 aromatic heterocycles. The first kappa shape index (κ1) is 18.3. The SMILES string of the molecule is CNC(C)(C)Cc1ccc(NC(=O)OC(C)(C)C)cc1OC. The van der Waals surface area contributed by atoms with E-state index in [1.54, 1.807) is 7.11 Å². The Morgan fingerprint density at radius 2 is 1.82 bits per heavy atom. The van der Waals surface area contributed by atoms with Gasteiger partial charge in [0.05, 0.1) is 7.11 Å². The maximum absolute atomic E-state index is 11.8. The molecular formula is C17H28N2O3. The van der Waals surface area contributed by atoms with Gasteiger partial charge in [-0.05, 0) is 59.7 Å². The highest BCUT2D eigenvalue weighted by molar-refractivity contribution is 5.85. The van der Waals surface area contributed by atoms with Crippen LogP contribution in [-0.2, 0) is 11.2 Å². The highest BCUT2D eigenvalue weighted by atomic mass is 16.6. The van der Waals surface area contributed by atoms with Crippen LogP contribution in [0.25, 0.3) is 0 Å². The second-order valence-corrected chi connectivity index (χ2v) is 6.96. The minimum Gasteiger partial charge on any atom is -0.496 e. The van der Waals surface area contributed by atoms with Crippen molar-refractivity contribution in [2.24, 2.45) is 0 Å². The highest BCUT2D eigenvalue weighted by Crippen LogP contribution is 2.27. The topological polar surface area (TPSA) is 59.6 Å². The van der Waals surface area contributed by atoms with Gasteiger partial charge in [-0.15, -0.1) is 0 Å². The largest absolute Gasteiger partial charge is 0.496 e.